The monoisotopic (exact) mass is 584 g/mol. The molecule has 3 aromatic heterocycles. The van der Waals surface area contributed by atoms with E-state index in [-0.39, 0.29) is 5.91 Å². The van der Waals surface area contributed by atoms with Crippen molar-refractivity contribution in [2.45, 2.75) is 44.7 Å². The maximum atomic E-state index is 13.4. The lowest BCUT2D eigenvalue weighted by Crippen LogP contribution is -2.35. The second-order valence-electron chi connectivity index (χ2n) is 10.9. The summed E-state index contributed by atoms with van der Waals surface area (Å²) in [4.78, 5) is 21.0. The van der Waals surface area contributed by atoms with Gasteiger partial charge in [-0.2, -0.15) is 0 Å². The molecule has 0 spiro atoms. The minimum absolute atomic E-state index is 0.0459. The lowest BCUT2D eigenvalue weighted by Gasteiger charge is -2.21. The van der Waals surface area contributed by atoms with Crippen LogP contribution in [-0.4, -0.2) is 38.0 Å². The summed E-state index contributed by atoms with van der Waals surface area (Å²) in [6, 6.07) is 30.6. The summed E-state index contributed by atoms with van der Waals surface area (Å²) < 4.78 is 7.31. The summed E-state index contributed by atoms with van der Waals surface area (Å²) in [6.07, 6.45) is 8.86. The maximum Gasteiger partial charge on any atom is 0.221 e. The van der Waals surface area contributed by atoms with E-state index in [9.17, 15) is 4.79 Å². The van der Waals surface area contributed by atoms with Gasteiger partial charge in [0.1, 0.15) is 11.9 Å². The second-order valence-corrected chi connectivity index (χ2v) is 10.9. The quantitative estimate of drug-likeness (QED) is 0.173. The Labute approximate surface area is 257 Å². The highest BCUT2D eigenvalue weighted by molar-refractivity contribution is 5.83. The van der Waals surface area contributed by atoms with Gasteiger partial charge < -0.3 is 15.0 Å². The first-order valence-corrected chi connectivity index (χ1v) is 15.0. The number of rotatable bonds is 13. The van der Waals surface area contributed by atoms with Crippen molar-refractivity contribution in [2.24, 2.45) is 0 Å². The molecule has 0 fully saturated rings. The number of nitrogens with zero attached hydrogens (tertiary/aromatic N) is 4. The van der Waals surface area contributed by atoms with Gasteiger partial charge in [-0.25, -0.2) is 4.68 Å². The van der Waals surface area contributed by atoms with E-state index in [2.05, 4.69) is 63.8 Å². The van der Waals surface area contributed by atoms with Crippen molar-refractivity contribution in [1.29, 1.82) is 0 Å². The topological polar surface area (TPSA) is 97.7 Å². The molecule has 0 bridgehead atoms. The second kappa shape index (κ2) is 13.8. The number of amides is 1. The first kappa shape index (κ1) is 28.9. The molecule has 222 valence electrons. The molecule has 0 radical (unpaired) electrons. The van der Waals surface area contributed by atoms with Gasteiger partial charge in [0.15, 0.2) is 0 Å². The van der Waals surface area contributed by atoms with Crippen LogP contribution in [0, 0.1) is 0 Å². The number of aromatic amines is 1. The first-order chi connectivity index (χ1) is 21.7. The normalized spacial score (nSPS) is 11.8. The average Bonchev–Trinajstić information content (AvgIpc) is 3.67. The number of aromatic nitrogens is 5. The van der Waals surface area contributed by atoms with Crippen molar-refractivity contribution in [3.05, 3.63) is 143 Å². The standard InChI is InChI=1S/C36H36N6O2/c1-44-30-17-13-27(14-18-30)22-34-33(19-15-26-8-3-2-4-9-26)40-41-42(34)35(23-29-25-38-32-12-6-5-11-31(29)32)39-36(43)20-16-28-10-7-21-37-24-28/h2-14,17-18,21,24-25,35,38H,15-16,19-20,22-23H2,1H3,(H,39,43). The van der Waals surface area contributed by atoms with Gasteiger partial charge >= 0.3 is 0 Å². The number of hydrogen-bond acceptors (Lipinski definition) is 5. The van der Waals surface area contributed by atoms with Crippen molar-refractivity contribution in [2.75, 3.05) is 7.11 Å². The Kier molecular flexibility index (Phi) is 9.07. The number of hydrogen-bond donors (Lipinski definition) is 2. The number of carbonyl (C=O) groups is 1. The van der Waals surface area contributed by atoms with Gasteiger partial charge in [0.05, 0.1) is 18.5 Å². The summed E-state index contributed by atoms with van der Waals surface area (Å²) in [5.74, 6) is 0.762. The molecule has 2 N–H and O–H groups in total. The average molecular weight is 585 g/mol. The fourth-order valence-corrected chi connectivity index (χ4v) is 5.59. The maximum absolute atomic E-state index is 13.4. The van der Waals surface area contributed by atoms with Crippen molar-refractivity contribution < 1.29 is 9.53 Å². The highest BCUT2D eigenvalue weighted by Crippen LogP contribution is 2.25. The lowest BCUT2D eigenvalue weighted by atomic mass is 10.0. The Bertz CT molecular complexity index is 1800. The van der Waals surface area contributed by atoms with Crippen molar-refractivity contribution in [1.82, 2.24) is 30.3 Å². The zero-order valence-corrected chi connectivity index (χ0v) is 24.8. The molecular formula is C36H36N6O2. The van der Waals surface area contributed by atoms with Gasteiger partial charge in [-0.15, -0.1) is 5.10 Å². The number of nitrogens with one attached hydrogen (secondary N) is 2. The van der Waals surface area contributed by atoms with Crippen LogP contribution in [0.3, 0.4) is 0 Å². The molecule has 1 atom stereocenters. The predicted octanol–water partition coefficient (Wildman–Crippen LogP) is 6.03. The Morgan fingerprint density at radius 2 is 1.68 bits per heavy atom. The van der Waals surface area contributed by atoms with Gasteiger partial charge in [-0.3, -0.25) is 9.78 Å². The molecule has 6 rings (SSSR count). The molecule has 8 heteroatoms. The number of fused-ring (bicyclic) bond motifs is 1. The minimum Gasteiger partial charge on any atom is -0.497 e. The third kappa shape index (κ3) is 7.03. The fraction of sp³-hybridized carbons (Fsp3) is 0.222. The molecular weight excluding hydrogens is 548 g/mol. The highest BCUT2D eigenvalue weighted by Gasteiger charge is 2.24. The number of aryl methyl sites for hydroxylation is 3. The molecule has 0 saturated carbocycles. The molecule has 3 aromatic carbocycles. The number of benzene rings is 3. The van der Waals surface area contributed by atoms with Crippen LogP contribution in [0.5, 0.6) is 5.75 Å². The Morgan fingerprint density at radius 3 is 2.48 bits per heavy atom. The summed E-state index contributed by atoms with van der Waals surface area (Å²) >= 11 is 0. The van der Waals surface area contributed by atoms with E-state index >= 15 is 0 Å². The van der Waals surface area contributed by atoms with Crippen LogP contribution in [0.15, 0.2) is 110 Å². The van der Waals surface area contributed by atoms with E-state index in [0.29, 0.717) is 25.7 Å². The van der Waals surface area contributed by atoms with E-state index in [4.69, 9.17) is 15.0 Å². The molecule has 6 aromatic rings. The van der Waals surface area contributed by atoms with Gasteiger partial charge in [0.25, 0.3) is 0 Å². The third-order valence-electron chi connectivity index (χ3n) is 7.97. The molecule has 0 aliphatic rings. The molecule has 0 aliphatic carbocycles. The van der Waals surface area contributed by atoms with Crippen molar-refractivity contribution >= 4 is 16.8 Å². The van der Waals surface area contributed by atoms with Crippen molar-refractivity contribution in [3.8, 4) is 5.75 Å². The molecule has 0 saturated heterocycles. The van der Waals surface area contributed by atoms with Gasteiger partial charge in [0.2, 0.25) is 5.91 Å². The Morgan fingerprint density at radius 1 is 0.886 bits per heavy atom. The molecule has 1 amide bonds. The van der Waals surface area contributed by atoms with Crippen LogP contribution >= 0.6 is 0 Å². The number of H-pyrrole nitrogens is 1. The SMILES string of the molecule is COc1ccc(Cc2c(CCc3ccccc3)nnn2C(Cc2c[nH]c3ccccc23)NC(=O)CCc2cccnc2)cc1. The van der Waals surface area contributed by atoms with Crippen LogP contribution in [-0.2, 0) is 36.9 Å². The van der Waals surface area contributed by atoms with E-state index in [1.54, 1.807) is 19.5 Å². The van der Waals surface area contributed by atoms with Gasteiger partial charge in [0, 0.05) is 48.8 Å². The van der Waals surface area contributed by atoms with Crippen LogP contribution in [0.25, 0.3) is 10.9 Å². The van der Waals surface area contributed by atoms with Gasteiger partial charge in [-0.1, -0.05) is 71.9 Å². The van der Waals surface area contributed by atoms with E-state index < -0.39 is 6.17 Å². The Hall–Kier alpha value is -5.24. The molecule has 8 nitrogen and oxygen atoms in total. The van der Waals surface area contributed by atoms with Crippen LogP contribution in [0.1, 0.15) is 46.2 Å². The zero-order chi connectivity index (χ0) is 30.1. The number of ether oxygens (including phenoxy) is 1. The highest BCUT2D eigenvalue weighted by atomic mass is 16.5. The number of pyridine rings is 1. The third-order valence-corrected chi connectivity index (χ3v) is 7.97. The number of methoxy groups -OCH3 is 1. The van der Waals surface area contributed by atoms with E-state index in [1.165, 1.54) is 5.56 Å². The smallest absolute Gasteiger partial charge is 0.221 e. The van der Waals surface area contributed by atoms with Crippen molar-refractivity contribution in [3.63, 3.8) is 0 Å². The Balaban J connectivity index is 1.33. The predicted molar refractivity (Wildman–Crippen MR) is 171 cm³/mol. The summed E-state index contributed by atoms with van der Waals surface area (Å²) in [5, 5.41) is 13.8. The molecule has 3 heterocycles. The number of carbonyl (C=O) groups excluding carboxylic acids is 1. The van der Waals surface area contributed by atoms with Crippen LogP contribution in [0.4, 0.5) is 0 Å². The largest absolute Gasteiger partial charge is 0.497 e. The minimum atomic E-state index is -0.429. The summed E-state index contributed by atoms with van der Waals surface area (Å²) in [5.41, 5.74) is 7.47. The van der Waals surface area contributed by atoms with Gasteiger partial charge in [-0.05, 0) is 65.8 Å². The molecule has 0 aliphatic heterocycles. The molecule has 1 unspecified atom stereocenters. The lowest BCUT2D eigenvalue weighted by molar-refractivity contribution is -0.122. The summed E-state index contributed by atoms with van der Waals surface area (Å²) in [6.45, 7) is 0. The fourth-order valence-electron chi connectivity index (χ4n) is 5.59. The first-order valence-electron chi connectivity index (χ1n) is 15.0. The van der Waals surface area contributed by atoms with Crippen LogP contribution in [0.2, 0.25) is 0 Å². The number of para-hydroxylation sites is 1. The molecule has 44 heavy (non-hydrogen) atoms. The van der Waals surface area contributed by atoms with E-state index in [1.807, 2.05) is 53.3 Å². The van der Waals surface area contributed by atoms with Crippen LogP contribution < -0.4 is 10.1 Å². The summed E-state index contributed by atoms with van der Waals surface area (Å²) in [7, 11) is 1.67. The zero-order valence-electron chi connectivity index (χ0n) is 24.8. The van der Waals surface area contributed by atoms with E-state index in [0.717, 1.165) is 57.6 Å².